The number of ether oxygens (including phenoxy) is 1. The van der Waals surface area contributed by atoms with E-state index in [2.05, 4.69) is 78.2 Å². The van der Waals surface area contributed by atoms with E-state index in [1.807, 2.05) is 11.0 Å². The summed E-state index contributed by atoms with van der Waals surface area (Å²) < 4.78 is 5.59. The van der Waals surface area contributed by atoms with Gasteiger partial charge >= 0.3 is 0 Å². The highest BCUT2D eigenvalue weighted by Crippen LogP contribution is 2.36. The van der Waals surface area contributed by atoms with Gasteiger partial charge in [0.2, 0.25) is 5.91 Å². The van der Waals surface area contributed by atoms with Gasteiger partial charge in [-0.1, -0.05) is 30.3 Å². The van der Waals surface area contributed by atoms with Crippen LogP contribution in [0.3, 0.4) is 0 Å². The number of fused-ring (bicyclic) bond motifs is 2. The number of aromatic nitrogens is 2. The van der Waals surface area contributed by atoms with E-state index in [-0.39, 0.29) is 12.5 Å². The molecule has 37 heavy (non-hydrogen) atoms. The van der Waals surface area contributed by atoms with Crippen molar-refractivity contribution in [1.29, 1.82) is 0 Å². The van der Waals surface area contributed by atoms with Crippen molar-refractivity contribution in [3.63, 3.8) is 0 Å². The van der Waals surface area contributed by atoms with Gasteiger partial charge in [0.1, 0.15) is 17.4 Å². The Kier molecular flexibility index (Phi) is 6.14. The molecule has 2 fully saturated rings. The maximum atomic E-state index is 12.9. The molecule has 0 radical (unpaired) electrons. The minimum absolute atomic E-state index is 0.0895. The average Bonchev–Trinajstić information content (AvgIpc) is 2.84. The molecule has 2 saturated heterocycles. The van der Waals surface area contributed by atoms with Crippen LogP contribution in [-0.4, -0.2) is 85.6 Å². The van der Waals surface area contributed by atoms with Gasteiger partial charge in [0.15, 0.2) is 0 Å². The fraction of sp³-hybridized carbons (Fsp3) is 0.345. The van der Waals surface area contributed by atoms with Gasteiger partial charge in [0, 0.05) is 43.5 Å². The number of rotatable bonds is 7. The second kappa shape index (κ2) is 9.61. The number of anilines is 1. The number of likely N-dealkylation sites (tertiary alicyclic amines) is 1. The summed E-state index contributed by atoms with van der Waals surface area (Å²) in [6.07, 6.45) is 0. The van der Waals surface area contributed by atoms with Crippen molar-refractivity contribution in [2.45, 2.75) is 12.0 Å². The number of hydrogen-bond donors (Lipinski definition) is 2. The molecule has 4 aromatic rings. The SMILES string of the molecule is COc1cc(-c2ccc3nc(C4CNC4)nc(NCC(=O)N4CC(N(C)C)C4)c3c2)c2ccccc2c1. The van der Waals surface area contributed by atoms with Crippen LogP contribution in [0.4, 0.5) is 5.82 Å². The molecule has 2 aliphatic heterocycles. The molecule has 190 valence electrons. The molecule has 3 aromatic carbocycles. The molecule has 8 heteroatoms. The molecule has 6 rings (SSSR count). The first-order chi connectivity index (χ1) is 18.0. The molecular formula is C29H32N6O2. The van der Waals surface area contributed by atoms with Gasteiger partial charge in [0.25, 0.3) is 0 Å². The van der Waals surface area contributed by atoms with Crippen molar-refractivity contribution in [1.82, 2.24) is 25.1 Å². The molecular weight excluding hydrogens is 464 g/mol. The van der Waals surface area contributed by atoms with E-state index >= 15 is 0 Å². The Bertz CT molecular complexity index is 1480. The first kappa shape index (κ1) is 23.6. The van der Waals surface area contributed by atoms with Crippen LogP contribution in [0.5, 0.6) is 5.75 Å². The van der Waals surface area contributed by atoms with Crippen molar-refractivity contribution >= 4 is 33.4 Å². The second-order valence-electron chi connectivity index (χ2n) is 10.2. The number of nitrogens with zero attached hydrogens (tertiary/aromatic N) is 4. The fourth-order valence-corrected chi connectivity index (χ4v) is 5.00. The van der Waals surface area contributed by atoms with E-state index in [1.165, 1.54) is 0 Å². The fourth-order valence-electron chi connectivity index (χ4n) is 5.00. The summed E-state index contributed by atoms with van der Waals surface area (Å²) in [5, 5.41) is 9.84. The van der Waals surface area contributed by atoms with Crippen LogP contribution in [0.2, 0.25) is 0 Å². The first-order valence-electron chi connectivity index (χ1n) is 12.8. The molecule has 1 aromatic heterocycles. The Morgan fingerprint density at radius 1 is 1.08 bits per heavy atom. The van der Waals surface area contributed by atoms with E-state index in [0.717, 1.165) is 70.6 Å². The largest absolute Gasteiger partial charge is 0.497 e. The summed E-state index contributed by atoms with van der Waals surface area (Å²) in [5.41, 5.74) is 3.01. The second-order valence-corrected chi connectivity index (χ2v) is 10.2. The van der Waals surface area contributed by atoms with E-state index in [4.69, 9.17) is 14.7 Å². The van der Waals surface area contributed by atoms with E-state index in [9.17, 15) is 4.79 Å². The van der Waals surface area contributed by atoms with E-state index in [0.29, 0.717) is 17.8 Å². The standard InChI is InChI=1S/C29H32N6O2/c1-34(2)21-16-35(17-21)27(36)15-31-29-25-11-19(8-9-26(25)32-28(33-29)20-13-30-14-20)24-12-22(37-3)10-18-6-4-5-7-23(18)24/h4-12,20-21,30H,13-17H2,1-3H3,(H,31,32,33). The predicted octanol–water partition coefficient (Wildman–Crippen LogP) is 3.33. The molecule has 2 aliphatic rings. The van der Waals surface area contributed by atoms with E-state index < -0.39 is 0 Å². The number of nitrogens with one attached hydrogen (secondary N) is 2. The lowest BCUT2D eigenvalue weighted by Gasteiger charge is -2.42. The molecule has 2 N–H and O–H groups in total. The van der Waals surface area contributed by atoms with Gasteiger partial charge in [-0.3, -0.25) is 4.79 Å². The lowest BCUT2D eigenvalue weighted by atomic mass is 9.96. The third-order valence-electron chi connectivity index (χ3n) is 7.59. The Balaban J connectivity index is 1.37. The lowest BCUT2D eigenvalue weighted by molar-refractivity contribution is -0.135. The Morgan fingerprint density at radius 2 is 1.89 bits per heavy atom. The highest BCUT2D eigenvalue weighted by atomic mass is 16.5. The third kappa shape index (κ3) is 4.47. The number of carbonyl (C=O) groups is 1. The van der Waals surface area contributed by atoms with Gasteiger partial charge in [-0.15, -0.1) is 0 Å². The van der Waals surface area contributed by atoms with Crippen molar-refractivity contribution in [3.8, 4) is 16.9 Å². The zero-order valence-corrected chi connectivity index (χ0v) is 21.5. The summed E-state index contributed by atoms with van der Waals surface area (Å²) in [6.45, 7) is 3.49. The molecule has 8 nitrogen and oxygen atoms in total. The van der Waals surface area contributed by atoms with Crippen molar-refractivity contribution in [2.24, 2.45) is 0 Å². The first-order valence-corrected chi connectivity index (χ1v) is 12.8. The smallest absolute Gasteiger partial charge is 0.242 e. The van der Waals surface area contributed by atoms with Crippen molar-refractivity contribution < 1.29 is 9.53 Å². The Hall–Kier alpha value is -3.75. The lowest BCUT2D eigenvalue weighted by Crippen LogP contribution is -2.60. The van der Waals surface area contributed by atoms with E-state index in [1.54, 1.807) is 7.11 Å². The molecule has 0 unspecified atom stereocenters. The monoisotopic (exact) mass is 496 g/mol. The average molecular weight is 497 g/mol. The van der Waals surface area contributed by atoms with Crippen LogP contribution in [0.25, 0.3) is 32.8 Å². The summed E-state index contributed by atoms with van der Waals surface area (Å²) in [7, 11) is 5.80. The van der Waals surface area contributed by atoms with Gasteiger partial charge in [-0.25, -0.2) is 9.97 Å². The number of carbonyl (C=O) groups excluding carboxylic acids is 1. The highest BCUT2D eigenvalue weighted by Gasteiger charge is 2.31. The molecule has 3 heterocycles. The van der Waals surface area contributed by atoms with Crippen LogP contribution in [0.15, 0.2) is 54.6 Å². The zero-order chi connectivity index (χ0) is 25.5. The number of likely N-dealkylation sites (N-methyl/N-ethyl adjacent to an activating group) is 1. The molecule has 0 atom stereocenters. The minimum atomic E-state index is 0.0895. The summed E-state index contributed by atoms with van der Waals surface area (Å²) in [6, 6.07) is 19.2. The number of benzene rings is 3. The van der Waals surface area contributed by atoms with Crippen molar-refractivity contribution in [3.05, 3.63) is 60.4 Å². The molecule has 0 bridgehead atoms. The number of methoxy groups -OCH3 is 1. The van der Waals surface area contributed by atoms with Crippen LogP contribution >= 0.6 is 0 Å². The maximum absolute atomic E-state index is 12.9. The van der Waals surface area contributed by atoms with Crippen LogP contribution in [0, 0.1) is 0 Å². The Morgan fingerprint density at radius 3 is 2.62 bits per heavy atom. The summed E-state index contributed by atoms with van der Waals surface area (Å²) >= 11 is 0. The predicted molar refractivity (Wildman–Crippen MR) is 147 cm³/mol. The number of amides is 1. The normalized spacial score (nSPS) is 16.2. The highest BCUT2D eigenvalue weighted by molar-refractivity contribution is 6.01. The van der Waals surface area contributed by atoms with Crippen LogP contribution in [-0.2, 0) is 4.79 Å². The minimum Gasteiger partial charge on any atom is -0.497 e. The topological polar surface area (TPSA) is 82.6 Å². The van der Waals surface area contributed by atoms with Crippen molar-refractivity contribution in [2.75, 3.05) is 59.2 Å². The zero-order valence-electron chi connectivity index (χ0n) is 21.5. The van der Waals surface area contributed by atoms with Gasteiger partial charge in [0.05, 0.1) is 19.2 Å². The molecule has 0 aliphatic carbocycles. The number of hydrogen-bond acceptors (Lipinski definition) is 7. The van der Waals surface area contributed by atoms with Crippen LogP contribution < -0.4 is 15.4 Å². The molecule has 1 amide bonds. The van der Waals surface area contributed by atoms with Crippen LogP contribution in [0.1, 0.15) is 11.7 Å². The van der Waals surface area contributed by atoms with Gasteiger partial charge in [-0.2, -0.15) is 0 Å². The quantitative estimate of drug-likeness (QED) is 0.406. The maximum Gasteiger partial charge on any atom is 0.242 e. The summed E-state index contributed by atoms with van der Waals surface area (Å²) in [4.78, 5) is 26.7. The third-order valence-corrected chi connectivity index (χ3v) is 7.59. The molecule has 0 saturated carbocycles. The van der Waals surface area contributed by atoms with Gasteiger partial charge in [-0.05, 0) is 60.3 Å². The summed E-state index contributed by atoms with van der Waals surface area (Å²) in [5.74, 6) is 2.72. The Labute approximate surface area is 216 Å². The molecule has 0 spiro atoms. The van der Waals surface area contributed by atoms with Gasteiger partial charge < -0.3 is 25.2 Å².